The molecule has 0 spiro atoms. The number of benzene rings is 3. The van der Waals surface area contributed by atoms with Crippen molar-refractivity contribution in [3.05, 3.63) is 83.9 Å². The average molecular weight is 443 g/mol. The van der Waals surface area contributed by atoms with Gasteiger partial charge in [0.1, 0.15) is 17.2 Å². The van der Waals surface area contributed by atoms with Crippen molar-refractivity contribution < 1.29 is 22.6 Å². The van der Waals surface area contributed by atoms with E-state index in [-0.39, 0.29) is 16.4 Å². The summed E-state index contributed by atoms with van der Waals surface area (Å²) in [5.41, 5.74) is 8.06. The summed E-state index contributed by atoms with van der Waals surface area (Å²) in [6, 6.07) is 20.2. The van der Waals surface area contributed by atoms with E-state index in [1.54, 1.807) is 0 Å². The van der Waals surface area contributed by atoms with Crippen LogP contribution >= 0.6 is 0 Å². The van der Waals surface area contributed by atoms with Crippen LogP contribution in [0.3, 0.4) is 0 Å². The van der Waals surface area contributed by atoms with Crippen molar-refractivity contribution in [2.75, 3.05) is 21.3 Å². The molecule has 0 heterocycles. The van der Waals surface area contributed by atoms with Crippen molar-refractivity contribution in [3.63, 3.8) is 0 Å². The molecule has 2 atom stereocenters. The summed E-state index contributed by atoms with van der Waals surface area (Å²) >= 11 is 0. The van der Waals surface area contributed by atoms with E-state index in [1.807, 2.05) is 60.7 Å². The summed E-state index contributed by atoms with van der Waals surface area (Å²) in [5.74, 6) is 0.612. The number of sulfonamides is 1. The van der Waals surface area contributed by atoms with Gasteiger partial charge in [-0.2, -0.15) is 0 Å². The lowest BCUT2D eigenvalue weighted by Gasteiger charge is -2.26. The molecule has 0 aliphatic carbocycles. The second-order valence-corrected chi connectivity index (χ2v) is 8.46. The van der Waals surface area contributed by atoms with E-state index in [0.29, 0.717) is 5.75 Å². The summed E-state index contributed by atoms with van der Waals surface area (Å²) in [4.78, 5) is -0.125. The van der Waals surface area contributed by atoms with Gasteiger partial charge in [0.25, 0.3) is 0 Å². The van der Waals surface area contributed by atoms with Crippen LogP contribution in [0.5, 0.6) is 17.2 Å². The first-order valence-corrected chi connectivity index (χ1v) is 11.1. The molecule has 0 saturated carbocycles. The minimum atomic E-state index is -4.11. The molecule has 3 aromatic carbocycles. The largest absolute Gasteiger partial charge is 0.496 e. The highest BCUT2D eigenvalue weighted by atomic mass is 32.2. The molecule has 0 amide bonds. The van der Waals surface area contributed by atoms with Crippen molar-refractivity contribution in [3.8, 4) is 17.2 Å². The Kier molecular flexibility index (Phi) is 7.17. The molecule has 0 bridgehead atoms. The highest BCUT2D eigenvalue weighted by Crippen LogP contribution is 2.39. The van der Waals surface area contributed by atoms with Gasteiger partial charge in [-0.05, 0) is 11.1 Å². The minimum Gasteiger partial charge on any atom is -0.496 e. The Morgan fingerprint density at radius 3 is 1.71 bits per heavy atom. The predicted molar refractivity (Wildman–Crippen MR) is 119 cm³/mol. The Hall–Kier alpha value is -3.07. The van der Waals surface area contributed by atoms with Crippen LogP contribution in [0, 0.1) is 0 Å². The summed E-state index contributed by atoms with van der Waals surface area (Å²) < 4.78 is 45.7. The summed E-state index contributed by atoms with van der Waals surface area (Å²) in [6.07, 6.45) is 0. The molecule has 31 heavy (non-hydrogen) atoms. The van der Waals surface area contributed by atoms with Crippen LogP contribution in [0.4, 0.5) is 0 Å². The van der Waals surface area contributed by atoms with Gasteiger partial charge >= 0.3 is 0 Å². The molecule has 0 aliphatic heterocycles. The monoisotopic (exact) mass is 442 g/mol. The molecule has 164 valence electrons. The van der Waals surface area contributed by atoms with Gasteiger partial charge in [-0.25, -0.2) is 13.1 Å². The maximum atomic E-state index is 13.5. The number of hydrogen-bond acceptors (Lipinski definition) is 6. The van der Waals surface area contributed by atoms with E-state index in [0.717, 1.165) is 11.1 Å². The maximum Gasteiger partial charge on any atom is 0.248 e. The van der Waals surface area contributed by atoms with Crippen LogP contribution in [-0.2, 0) is 10.0 Å². The van der Waals surface area contributed by atoms with E-state index < -0.39 is 22.1 Å². The molecule has 3 rings (SSSR count). The molecule has 0 saturated heterocycles. The van der Waals surface area contributed by atoms with Crippen LogP contribution < -0.4 is 24.7 Å². The molecule has 0 aliphatic rings. The number of hydrogen-bond donors (Lipinski definition) is 2. The van der Waals surface area contributed by atoms with Crippen molar-refractivity contribution >= 4 is 10.0 Å². The third-order valence-electron chi connectivity index (χ3n) is 4.92. The van der Waals surface area contributed by atoms with Gasteiger partial charge in [0.2, 0.25) is 10.0 Å². The normalized spacial score (nSPS) is 13.3. The lowest BCUT2D eigenvalue weighted by atomic mass is 9.95. The SMILES string of the molecule is COc1cc(OC)c(S(=O)(=O)N[C@@H](c2ccccc2)[C@@H](N)c2ccccc2)c(OC)c1. The smallest absolute Gasteiger partial charge is 0.248 e. The van der Waals surface area contributed by atoms with Crippen molar-refractivity contribution in [1.82, 2.24) is 4.72 Å². The van der Waals surface area contributed by atoms with E-state index >= 15 is 0 Å². The van der Waals surface area contributed by atoms with Crippen molar-refractivity contribution in [2.24, 2.45) is 5.73 Å². The van der Waals surface area contributed by atoms with Gasteiger partial charge in [0.05, 0.1) is 33.4 Å². The molecule has 8 heteroatoms. The molecule has 3 N–H and O–H groups in total. The van der Waals surface area contributed by atoms with E-state index in [4.69, 9.17) is 19.9 Å². The van der Waals surface area contributed by atoms with Crippen LogP contribution in [-0.4, -0.2) is 29.7 Å². The molecule has 0 radical (unpaired) electrons. The fraction of sp³-hybridized carbons (Fsp3) is 0.217. The molecular formula is C23H26N2O5S. The van der Waals surface area contributed by atoms with Crippen LogP contribution in [0.25, 0.3) is 0 Å². The zero-order chi connectivity index (χ0) is 22.4. The first kappa shape index (κ1) is 22.6. The second kappa shape index (κ2) is 9.82. The third kappa shape index (κ3) is 4.99. The Morgan fingerprint density at radius 1 is 0.774 bits per heavy atom. The molecular weight excluding hydrogens is 416 g/mol. The standard InChI is InChI=1S/C23H26N2O5S/c1-28-18-14-19(29-2)23(20(15-18)30-3)31(26,27)25-22(17-12-8-5-9-13-17)21(24)16-10-6-4-7-11-16/h4-15,21-22,25H,24H2,1-3H3/t21-,22-/m0/s1. The fourth-order valence-electron chi connectivity index (χ4n) is 3.34. The molecule has 0 fully saturated rings. The maximum absolute atomic E-state index is 13.5. The highest BCUT2D eigenvalue weighted by Gasteiger charge is 2.32. The van der Waals surface area contributed by atoms with Gasteiger partial charge < -0.3 is 19.9 Å². The van der Waals surface area contributed by atoms with Gasteiger partial charge in [0, 0.05) is 12.1 Å². The first-order chi connectivity index (χ1) is 14.9. The summed E-state index contributed by atoms with van der Waals surface area (Å²) in [5, 5.41) is 0. The van der Waals surface area contributed by atoms with Gasteiger partial charge in [-0.3, -0.25) is 0 Å². The van der Waals surface area contributed by atoms with Crippen molar-refractivity contribution in [2.45, 2.75) is 17.0 Å². The van der Waals surface area contributed by atoms with E-state index in [1.165, 1.54) is 33.5 Å². The number of methoxy groups -OCH3 is 3. The summed E-state index contributed by atoms with van der Waals surface area (Å²) in [6.45, 7) is 0. The number of rotatable bonds is 9. The average Bonchev–Trinajstić information content (AvgIpc) is 2.82. The number of nitrogens with one attached hydrogen (secondary N) is 1. The van der Waals surface area contributed by atoms with Crippen LogP contribution in [0.2, 0.25) is 0 Å². The van der Waals surface area contributed by atoms with Crippen molar-refractivity contribution in [1.29, 1.82) is 0 Å². The van der Waals surface area contributed by atoms with Gasteiger partial charge in [-0.1, -0.05) is 60.7 Å². The Balaban J connectivity index is 2.09. The topological polar surface area (TPSA) is 99.9 Å². The lowest BCUT2D eigenvalue weighted by Crippen LogP contribution is -2.36. The van der Waals surface area contributed by atoms with Crippen LogP contribution in [0.1, 0.15) is 23.2 Å². The molecule has 0 aromatic heterocycles. The predicted octanol–water partition coefficient (Wildman–Crippen LogP) is 3.43. The number of nitrogens with two attached hydrogens (primary N) is 1. The Bertz CT molecular complexity index is 1080. The van der Waals surface area contributed by atoms with E-state index in [2.05, 4.69) is 4.72 Å². The lowest BCUT2D eigenvalue weighted by molar-refractivity contribution is 0.358. The minimum absolute atomic E-state index is 0.101. The molecule has 3 aromatic rings. The van der Waals surface area contributed by atoms with Gasteiger partial charge in [-0.15, -0.1) is 0 Å². The molecule has 7 nitrogen and oxygen atoms in total. The molecule has 0 unspecified atom stereocenters. The number of ether oxygens (including phenoxy) is 3. The highest BCUT2D eigenvalue weighted by molar-refractivity contribution is 7.89. The zero-order valence-electron chi connectivity index (χ0n) is 17.6. The zero-order valence-corrected chi connectivity index (χ0v) is 18.4. The summed E-state index contributed by atoms with van der Waals surface area (Å²) in [7, 11) is 0.143. The fourth-order valence-corrected chi connectivity index (χ4v) is 4.89. The Morgan fingerprint density at radius 2 is 1.26 bits per heavy atom. The Labute approximate surface area is 182 Å². The van der Waals surface area contributed by atoms with Gasteiger partial charge in [0.15, 0.2) is 4.90 Å². The van der Waals surface area contributed by atoms with E-state index in [9.17, 15) is 8.42 Å². The third-order valence-corrected chi connectivity index (χ3v) is 6.43. The quantitative estimate of drug-likeness (QED) is 0.527. The first-order valence-electron chi connectivity index (χ1n) is 9.59. The van der Waals surface area contributed by atoms with Crippen LogP contribution in [0.15, 0.2) is 77.7 Å². The second-order valence-electron chi connectivity index (χ2n) is 6.81.